The molecule has 0 saturated carbocycles. The number of nitrogens with one attached hydrogen (secondary N) is 1. The molecule has 0 spiro atoms. The van der Waals surface area contributed by atoms with Gasteiger partial charge < -0.3 is 9.73 Å². The van der Waals surface area contributed by atoms with Crippen LogP contribution in [-0.4, -0.2) is 18.9 Å². The molecule has 2 aromatic rings. The molecule has 1 N–H and O–H groups in total. The van der Waals surface area contributed by atoms with E-state index in [1.54, 1.807) is 0 Å². The summed E-state index contributed by atoms with van der Waals surface area (Å²) in [6, 6.07) is 9.46. The normalized spacial score (nSPS) is 10.8. The Bertz CT molecular complexity index is 454. The van der Waals surface area contributed by atoms with Crippen LogP contribution in [0.25, 0.3) is 11.0 Å². The maximum Gasteiger partial charge on any atom is 0.199 e. The first-order valence-electron chi connectivity index (χ1n) is 5.53. The highest BCUT2D eigenvalue weighted by molar-refractivity contribution is 5.97. The van der Waals surface area contributed by atoms with Gasteiger partial charge in [0, 0.05) is 18.4 Å². The van der Waals surface area contributed by atoms with Crippen LogP contribution in [0.2, 0.25) is 0 Å². The second kappa shape index (κ2) is 4.94. The summed E-state index contributed by atoms with van der Waals surface area (Å²) in [5, 5.41) is 4.10. The molecular formula is C13H15NO2. The Hall–Kier alpha value is -1.61. The van der Waals surface area contributed by atoms with Gasteiger partial charge in [-0.15, -0.1) is 0 Å². The Morgan fingerprint density at radius 1 is 1.38 bits per heavy atom. The number of fused-ring (bicyclic) bond motifs is 1. The van der Waals surface area contributed by atoms with Gasteiger partial charge in [0.25, 0.3) is 0 Å². The third kappa shape index (κ3) is 2.31. The van der Waals surface area contributed by atoms with Crippen molar-refractivity contribution in [3.63, 3.8) is 0 Å². The van der Waals surface area contributed by atoms with Crippen molar-refractivity contribution >= 4 is 16.8 Å². The number of rotatable bonds is 5. The number of furan rings is 1. The van der Waals surface area contributed by atoms with Gasteiger partial charge in [0.2, 0.25) is 0 Å². The third-order valence-electron chi connectivity index (χ3n) is 2.48. The van der Waals surface area contributed by atoms with Crippen molar-refractivity contribution in [2.45, 2.75) is 13.3 Å². The summed E-state index contributed by atoms with van der Waals surface area (Å²) in [6.45, 7) is 3.60. The average Bonchev–Trinajstić information content (AvgIpc) is 2.73. The fourth-order valence-corrected chi connectivity index (χ4v) is 1.62. The summed E-state index contributed by atoms with van der Waals surface area (Å²) in [6.07, 6.45) is 0.480. The number of Topliss-reactive ketones (excluding diaryl/α,β-unsaturated/α-hetero) is 1. The number of benzene rings is 1. The Labute approximate surface area is 94.4 Å². The molecule has 0 amide bonds. The Kier molecular flexibility index (Phi) is 3.37. The summed E-state index contributed by atoms with van der Waals surface area (Å²) >= 11 is 0. The van der Waals surface area contributed by atoms with Gasteiger partial charge in [-0.05, 0) is 18.7 Å². The Balaban J connectivity index is 2.11. The fourth-order valence-electron chi connectivity index (χ4n) is 1.62. The van der Waals surface area contributed by atoms with Crippen LogP contribution in [0, 0.1) is 0 Å². The molecule has 0 radical (unpaired) electrons. The zero-order chi connectivity index (χ0) is 11.4. The van der Waals surface area contributed by atoms with E-state index in [4.69, 9.17) is 4.42 Å². The average molecular weight is 217 g/mol. The zero-order valence-corrected chi connectivity index (χ0v) is 9.32. The molecule has 0 unspecified atom stereocenters. The first-order valence-corrected chi connectivity index (χ1v) is 5.53. The van der Waals surface area contributed by atoms with Gasteiger partial charge in [0.15, 0.2) is 11.5 Å². The summed E-state index contributed by atoms with van der Waals surface area (Å²) in [5.74, 6) is 0.510. The number of carbonyl (C=O) groups excluding carboxylic acids is 1. The minimum Gasteiger partial charge on any atom is -0.453 e. The van der Waals surface area contributed by atoms with Crippen LogP contribution in [0.1, 0.15) is 23.9 Å². The van der Waals surface area contributed by atoms with Crippen LogP contribution in [0.3, 0.4) is 0 Å². The highest BCUT2D eigenvalue weighted by Gasteiger charge is 2.11. The van der Waals surface area contributed by atoms with Crippen molar-refractivity contribution < 1.29 is 9.21 Å². The van der Waals surface area contributed by atoms with Crippen molar-refractivity contribution in [1.29, 1.82) is 0 Å². The molecule has 3 nitrogen and oxygen atoms in total. The largest absolute Gasteiger partial charge is 0.453 e. The number of ketones is 1. The van der Waals surface area contributed by atoms with Gasteiger partial charge in [0.05, 0.1) is 0 Å². The quantitative estimate of drug-likeness (QED) is 0.618. The number of hydrogen-bond donors (Lipinski definition) is 1. The second-order valence-electron chi connectivity index (χ2n) is 3.68. The van der Waals surface area contributed by atoms with Crippen molar-refractivity contribution in [3.8, 4) is 0 Å². The molecule has 2 rings (SSSR count). The zero-order valence-electron chi connectivity index (χ0n) is 9.32. The second-order valence-corrected chi connectivity index (χ2v) is 3.68. The predicted octanol–water partition coefficient (Wildman–Crippen LogP) is 2.62. The van der Waals surface area contributed by atoms with Crippen molar-refractivity contribution in [2.24, 2.45) is 0 Å². The molecule has 0 aliphatic carbocycles. The van der Waals surface area contributed by atoms with Crippen molar-refractivity contribution in [2.75, 3.05) is 13.1 Å². The number of hydrogen-bond acceptors (Lipinski definition) is 3. The first-order chi connectivity index (χ1) is 7.81. The Morgan fingerprint density at radius 2 is 2.19 bits per heavy atom. The molecule has 16 heavy (non-hydrogen) atoms. The maximum atomic E-state index is 11.8. The molecule has 0 bridgehead atoms. The SMILES string of the molecule is CCNCCC(=O)c1cc2ccccc2o1. The summed E-state index contributed by atoms with van der Waals surface area (Å²) in [4.78, 5) is 11.8. The lowest BCUT2D eigenvalue weighted by atomic mass is 10.2. The summed E-state index contributed by atoms with van der Waals surface area (Å²) < 4.78 is 5.48. The van der Waals surface area contributed by atoms with E-state index in [1.807, 2.05) is 37.3 Å². The van der Waals surface area contributed by atoms with E-state index in [0.717, 1.165) is 17.5 Å². The van der Waals surface area contributed by atoms with Gasteiger partial charge in [-0.1, -0.05) is 25.1 Å². The molecule has 0 saturated heterocycles. The molecule has 3 heteroatoms. The summed E-state index contributed by atoms with van der Waals surface area (Å²) in [5.41, 5.74) is 0.773. The van der Waals surface area contributed by atoms with Crippen molar-refractivity contribution in [3.05, 3.63) is 36.1 Å². The lowest BCUT2D eigenvalue weighted by molar-refractivity contribution is 0.0958. The molecule has 1 aromatic heterocycles. The van der Waals surface area contributed by atoms with E-state index in [0.29, 0.717) is 18.7 Å². The standard InChI is InChI=1S/C13H15NO2/c1-2-14-8-7-11(15)13-9-10-5-3-4-6-12(10)16-13/h3-6,9,14H,2,7-8H2,1H3. The smallest absolute Gasteiger partial charge is 0.199 e. The topological polar surface area (TPSA) is 42.2 Å². The van der Waals surface area contributed by atoms with Crippen LogP contribution in [-0.2, 0) is 0 Å². The fraction of sp³-hybridized carbons (Fsp3) is 0.308. The van der Waals surface area contributed by atoms with Crippen LogP contribution in [0.4, 0.5) is 0 Å². The predicted molar refractivity (Wildman–Crippen MR) is 63.7 cm³/mol. The van der Waals surface area contributed by atoms with Crippen molar-refractivity contribution in [1.82, 2.24) is 5.32 Å². The van der Waals surface area contributed by atoms with Gasteiger partial charge in [-0.2, -0.15) is 0 Å². The maximum absolute atomic E-state index is 11.8. The van der Waals surface area contributed by atoms with Gasteiger partial charge >= 0.3 is 0 Å². The minimum absolute atomic E-state index is 0.0529. The molecule has 0 atom stereocenters. The van der Waals surface area contributed by atoms with E-state index < -0.39 is 0 Å². The highest BCUT2D eigenvalue weighted by Crippen LogP contribution is 2.19. The number of carbonyl (C=O) groups is 1. The van der Waals surface area contributed by atoms with E-state index in [9.17, 15) is 4.79 Å². The van der Waals surface area contributed by atoms with Gasteiger partial charge in [-0.3, -0.25) is 4.79 Å². The van der Waals surface area contributed by atoms with E-state index >= 15 is 0 Å². The van der Waals surface area contributed by atoms with Gasteiger partial charge in [0.1, 0.15) is 5.58 Å². The molecular weight excluding hydrogens is 202 g/mol. The first kappa shape index (κ1) is 10.9. The molecule has 0 aliphatic rings. The van der Waals surface area contributed by atoms with E-state index in [1.165, 1.54) is 0 Å². The summed E-state index contributed by atoms with van der Waals surface area (Å²) in [7, 11) is 0. The van der Waals surface area contributed by atoms with Crippen LogP contribution < -0.4 is 5.32 Å². The monoisotopic (exact) mass is 217 g/mol. The van der Waals surface area contributed by atoms with E-state index in [-0.39, 0.29) is 5.78 Å². The molecule has 1 aromatic carbocycles. The lowest BCUT2D eigenvalue weighted by Gasteiger charge is -1.98. The third-order valence-corrected chi connectivity index (χ3v) is 2.48. The molecule has 0 aliphatic heterocycles. The van der Waals surface area contributed by atoms with Crippen LogP contribution >= 0.6 is 0 Å². The van der Waals surface area contributed by atoms with Crippen LogP contribution in [0.15, 0.2) is 34.7 Å². The Morgan fingerprint density at radius 3 is 2.94 bits per heavy atom. The molecule has 84 valence electrons. The lowest BCUT2D eigenvalue weighted by Crippen LogP contribution is -2.17. The minimum atomic E-state index is 0.0529. The van der Waals surface area contributed by atoms with Gasteiger partial charge in [-0.25, -0.2) is 0 Å². The number of para-hydroxylation sites is 1. The van der Waals surface area contributed by atoms with E-state index in [2.05, 4.69) is 5.32 Å². The highest BCUT2D eigenvalue weighted by atomic mass is 16.3. The van der Waals surface area contributed by atoms with Crippen LogP contribution in [0.5, 0.6) is 0 Å². The molecule has 1 heterocycles. The molecule has 0 fully saturated rings.